The fourth-order valence-corrected chi connectivity index (χ4v) is 7.69. The molecule has 0 radical (unpaired) electrons. The molecule has 8 aromatic rings. The van der Waals surface area contributed by atoms with Gasteiger partial charge in [-0.05, 0) is 88.5 Å². The smallest absolute Gasteiger partial charge is 0.179 e. The molecule has 47 heavy (non-hydrogen) atoms. The minimum atomic E-state index is 0.615. The van der Waals surface area contributed by atoms with Crippen molar-refractivity contribution in [2.75, 3.05) is 0 Å². The third-order valence-corrected chi connectivity index (χ3v) is 10.2. The van der Waals surface area contributed by atoms with Crippen LogP contribution in [0, 0.1) is 0 Å². The van der Waals surface area contributed by atoms with Gasteiger partial charge in [-0.15, -0.1) is 11.3 Å². The highest BCUT2D eigenvalue weighted by Gasteiger charge is 2.15. The molecule has 1 aliphatic rings. The number of aromatic nitrogens is 3. The van der Waals surface area contributed by atoms with Gasteiger partial charge in [-0.3, -0.25) is 0 Å². The Morgan fingerprint density at radius 3 is 2.02 bits per heavy atom. The van der Waals surface area contributed by atoms with Crippen molar-refractivity contribution < 1.29 is 0 Å². The van der Waals surface area contributed by atoms with Crippen molar-refractivity contribution >= 4 is 38.4 Å². The molecule has 0 aliphatic heterocycles. The Kier molecular flexibility index (Phi) is 6.80. The summed E-state index contributed by atoms with van der Waals surface area (Å²) in [6.45, 7) is 0. The van der Waals surface area contributed by atoms with Gasteiger partial charge in [0.25, 0.3) is 0 Å². The van der Waals surface area contributed by atoms with Crippen LogP contribution in [-0.2, 0) is 6.42 Å². The van der Waals surface area contributed by atoms with Gasteiger partial charge in [0, 0.05) is 26.1 Å². The minimum absolute atomic E-state index is 0.615. The van der Waals surface area contributed by atoms with Crippen molar-refractivity contribution in [3.63, 3.8) is 0 Å². The van der Waals surface area contributed by atoms with E-state index in [1.54, 1.807) is 0 Å². The first kappa shape index (κ1) is 27.6. The van der Waals surface area contributed by atoms with Gasteiger partial charge in [0.2, 0.25) is 0 Å². The third-order valence-electron chi connectivity index (χ3n) is 8.99. The Hall–Kier alpha value is -5.71. The third kappa shape index (κ3) is 5.23. The van der Waals surface area contributed by atoms with E-state index in [9.17, 15) is 0 Å². The van der Waals surface area contributed by atoms with Gasteiger partial charge >= 0.3 is 0 Å². The van der Waals surface area contributed by atoms with Crippen LogP contribution in [0.25, 0.3) is 83.4 Å². The summed E-state index contributed by atoms with van der Waals surface area (Å²) in [7, 11) is 0. The number of hydrogen-bond donors (Lipinski definition) is 0. The van der Waals surface area contributed by atoms with Crippen LogP contribution in [0.15, 0.2) is 146 Å². The van der Waals surface area contributed by atoms with E-state index in [0.717, 1.165) is 52.0 Å². The SMILES string of the molecule is C1=Cc2sc3ccc(-c4cccc(-c5ccc(-c6cc(-c7ccccc7)nc(-c7ccc8ccccc8n7)n6)cc5)c4)cc3c2CC1. The van der Waals surface area contributed by atoms with E-state index >= 15 is 0 Å². The van der Waals surface area contributed by atoms with Crippen molar-refractivity contribution in [3.8, 4) is 56.3 Å². The number of benzene rings is 5. The van der Waals surface area contributed by atoms with Crippen molar-refractivity contribution in [3.05, 3.63) is 156 Å². The predicted octanol–water partition coefficient (Wildman–Crippen LogP) is 11.5. The maximum Gasteiger partial charge on any atom is 0.179 e. The highest BCUT2D eigenvalue weighted by Crippen LogP contribution is 2.38. The Morgan fingerprint density at radius 1 is 0.489 bits per heavy atom. The lowest BCUT2D eigenvalue weighted by atomic mass is 9.95. The normalized spacial score (nSPS) is 12.4. The standard InChI is InChI=1S/C43H29N3S/c1-2-9-29(10-3-1)39-27-40(46-43(45-39)38-23-21-30-11-4-6-15-37(30)44-38)31-19-17-28(18-20-31)32-12-8-13-33(25-32)34-22-24-42-36(26-34)35-14-5-7-16-41(35)47-42/h1-4,6-13,15-27H,5,14H2. The predicted molar refractivity (Wildman–Crippen MR) is 197 cm³/mol. The molecule has 0 saturated carbocycles. The highest BCUT2D eigenvalue weighted by molar-refractivity contribution is 7.20. The summed E-state index contributed by atoms with van der Waals surface area (Å²) in [5, 5.41) is 2.50. The summed E-state index contributed by atoms with van der Waals surface area (Å²) in [6.07, 6.45) is 6.83. The van der Waals surface area contributed by atoms with Crippen molar-refractivity contribution in [2.24, 2.45) is 0 Å². The van der Waals surface area contributed by atoms with Crippen LogP contribution in [0.5, 0.6) is 0 Å². The molecule has 222 valence electrons. The number of thiophene rings is 1. The first-order chi connectivity index (χ1) is 23.2. The maximum absolute atomic E-state index is 5.04. The number of pyridine rings is 1. The van der Waals surface area contributed by atoms with Crippen LogP contribution in [0.3, 0.4) is 0 Å². The topological polar surface area (TPSA) is 38.7 Å². The maximum atomic E-state index is 5.04. The molecule has 5 aromatic carbocycles. The van der Waals surface area contributed by atoms with E-state index in [4.69, 9.17) is 15.0 Å². The Morgan fingerprint density at radius 2 is 1.17 bits per heavy atom. The summed E-state index contributed by atoms with van der Waals surface area (Å²) in [5.74, 6) is 0.615. The summed E-state index contributed by atoms with van der Waals surface area (Å²) in [5.41, 5.74) is 11.9. The molecule has 4 heteroatoms. The van der Waals surface area contributed by atoms with Crippen molar-refractivity contribution in [1.29, 1.82) is 0 Å². The molecule has 0 fully saturated rings. The van der Waals surface area contributed by atoms with Crippen LogP contribution < -0.4 is 0 Å². The lowest BCUT2D eigenvalue weighted by molar-refractivity contribution is 1.01. The molecule has 3 nitrogen and oxygen atoms in total. The van der Waals surface area contributed by atoms with Gasteiger partial charge in [-0.25, -0.2) is 15.0 Å². The molecule has 0 bridgehead atoms. The second-order valence-corrected chi connectivity index (χ2v) is 13.1. The number of allylic oxidation sites excluding steroid dienone is 1. The Bertz CT molecular complexity index is 2460. The minimum Gasteiger partial charge on any atom is -0.244 e. The second-order valence-electron chi connectivity index (χ2n) is 12.0. The number of nitrogens with zero attached hydrogens (tertiary/aromatic N) is 3. The van der Waals surface area contributed by atoms with E-state index in [0.29, 0.717) is 5.82 Å². The van der Waals surface area contributed by atoms with Gasteiger partial charge in [-0.2, -0.15) is 0 Å². The molecule has 0 unspecified atom stereocenters. The fourth-order valence-electron chi connectivity index (χ4n) is 6.53. The van der Waals surface area contributed by atoms with Crippen LogP contribution >= 0.6 is 11.3 Å². The average molecular weight is 620 g/mol. The molecular formula is C43H29N3S. The number of fused-ring (bicyclic) bond motifs is 4. The zero-order valence-electron chi connectivity index (χ0n) is 25.6. The molecule has 0 atom stereocenters. The summed E-state index contributed by atoms with van der Waals surface area (Å²) >= 11 is 1.90. The van der Waals surface area contributed by atoms with Gasteiger partial charge in [0.15, 0.2) is 5.82 Å². The lowest BCUT2D eigenvalue weighted by Gasteiger charge is -2.11. The molecule has 9 rings (SSSR count). The number of aryl methyl sites for hydroxylation is 1. The Labute approximate surface area is 277 Å². The summed E-state index contributed by atoms with van der Waals surface area (Å²) in [6, 6.07) is 49.1. The monoisotopic (exact) mass is 619 g/mol. The van der Waals surface area contributed by atoms with E-state index in [-0.39, 0.29) is 0 Å². The second kappa shape index (κ2) is 11.6. The van der Waals surface area contributed by atoms with Gasteiger partial charge in [0.1, 0.15) is 5.69 Å². The van der Waals surface area contributed by atoms with Crippen LogP contribution in [0.4, 0.5) is 0 Å². The van der Waals surface area contributed by atoms with Crippen molar-refractivity contribution in [2.45, 2.75) is 12.8 Å². The zero-order chi connectivity index (χ0) is 31.2. The quantitative estimate of drug-likeness (QED) is 0.192. The zero-order valence-corrected chi connectivity index (χ0v) is 26.4. The summed E-state index contributed by atoms with van der Waals surface area (Å²) < 4.78 is 1.37. The number of hydrogen-bond acceptors (Lipinski definition) is 4. The largest absolute Gasteiger partial charge is 0.244 e. The molecule has 3 heterocycles. The fraction of sp³-hybridized carbons (Fsp3) is 0.0465. The molecular weight excluding hydrogens is 591 g/mol. The molecule has 0 N–H and O–H groups in total. The van der Waals surface area contributed by atoms with E-state index in [1.807, 2.05) is 53.8 Å². The van der Waals surface area contributed by atoms with Gasteiger partial charge < -0.3 is 0 Å². The first-order valence-electron chi connectivity index (χ1n) is 16.0. The molecule has 0 saturated heterocycles. The van der Waals surface area contributed by atoms with Crippen LogP contribution in [-0.4, -0.2) is 15.0 Å². The van der Waals surface area contributed by atoms with E-state index in [1.165, 1.54) is 42.8 Å². The van der Waals surface area contributed by atoms with Crippen molar-refractivity contribution in [1.82, 2.24) is 15.0 Å². The first-order valence-corrected chi connectivity index (χ1v) is 16.8. The van der Waals surface area contributed by atoms with Crippen LogP contribution in [0.2, 0.25) is 0 Å². The highest BCUT2D eigenvalue weighted by atomic mass is 32.1. The van der Waals surface area contributed by atoms with Crippen LogP contribution in [0.1, 0.15) is 16.9 Å². The van der Waals surface area contributed by atoms with E-state index in [2.05, 4.69) is 109 Å². The molecule has 3 aromatic heterocycles. The lowest BCUT2D eigenvalue weighted by Crippen LogP contribution is -1.97. The average Bonchev–Trinajstić information content (AvgIpc) is 3.53. The number of rotatable bonds is 5. The van der Waals surface area contributed by atoms with Gasteiger partial charge in [-0.1, -0.05) is 109 Å². The molecule has 0 spiro atoms. The number of para-hydroxylation sites is 1. The van der Waals surface area contributed by atoms with E-state index < -0.39 is 0 Å². The molecule has 0 amide bonds. The Balaban J connectivity index is 1.07. The summed E-state index contributed by atoms with van der Waals surface area (Å²) in [4.78, 5) is 16.3. The van der Waals surface area contributed by atoms with Gasteiger partial charge in [0.05, 0.1) is 16.9 Å². The molecule has 1 aliphatic carbocycles.